The minimum absolute atomic E-state index is 0.287. The van der Waals surface area contributed by atoms with Gasteiger partial charge in [-0.2, -0.15) is 14.9 Å². The average Bonchev–Trinajstić information content (AvgIpc) is 3.38. The molecule has 0 aliphatic carbocycles. The molecule has 3 aromatic heterocycles. The highest BCUT2D eigenvalue weighted by Gasteiger charge is 2.18. The standard InChI is InChI=1S/C22H15Cl2N7O/c1-13-10-19(28-22(32)14-2-4-15(23)5-3-14)31(29-13)21-18-11-27-30(20(18)25-12-26-21)17-8-6-16(24)7-9-17/h2-12H,1H3,(H,28,32). The lowest BCUT2D eigenvalue weighted by molar-refractivity contribution is 0.102. The van der Waals surface area contributed by atoms with Crippen LogP contribution in [0, 0.1) is 6.92 Å². The molecular weight excluding hydrogens is 449 g/mol. The van der Waals surface area contributed by atoms with Crippen molar-refractivity contribution in [2.24, 2.45) is 0 Å². The Morgan fingerprint density at radius 2 is 1.62 bits per heavy atom. The molecule has 0 aliphatic heterocycles. The highest BCUT2D eigenvalue weighted by Crippen LogP contribution is 2.25. The molecule has 0 atom stereocenters. The van der Waals surface area contributed by atoms with E-state index in [4.69, 9.17) is 23.2 Å². The van der Waals surface area contributed by atoms with Crippen LogP contribution in [-0.2, 0) is 0 Å². The molecule has 0 spiro atoms. The van der Waals surface area contributed by atoms with E-state index in [9.17, 15) is 4.79 Å². The summed E-state index contributed by atoms with van der Waals surface area (Å²) in [7, 11) is 0. The quantitative estimate of drug-likeness (QED) is 0.410. The Morgan fingerprint density at radius 3 is 2.34 bits per heavy atom. The van der Waals surface area contributed by atoms with E-state index >= 15 is 0 Å². The largest absolute Gasteiger partial charge is 0.306 e. The molecular formula is C22H15Cl2N7O. The monoisotopic (exact) mass is 463 g/mol. The Morgan fingerprint density at radius 1 is 0.938 bits per heavy atom. The van der Waals surface area contributed by atoms with E-state index in [0.29, 0.717) is 44.0 Å². The third-order valence-electron chi connectivity index (χ3n) is 4.80. The van der Waals surface area contributed by atoms with Gasteiger partial charge in [-0.3, -0.25) is 4.79 Å². The molecule has 0 saturated heterocycles. The fraction of sp³-hybridized carbons (Fsp3) is 0.0455. The first kappa shape index (κ1) is 20.2. The number of anilines is 1. The third kappa shape index (κ3) is 3.70. The molecule has 0 unspecified atom stereocenters. The minimum Gasteiger partial charge on any atom is -0.306 e. The molecule has 1 N–H and O–H groups in total. The van der Waals surface area contributed by atoms with Crippen LogP contribution >= 0.6 is 23.2 Å². The van der Waals surface area contributed by atoms with Crippen molar-refractivity contribution < 1.29 is 4.79 Å². The lowest BCUT2D eigenvalue weighted by Gasteiger charge is -2.09. The topological polar surface area (TPSA) is 90.5 Å². The number of halogens is 2. The van der Waals surface area contributed by atoms with Gasteiger partial charge in [0.15, 0.2) is 11.5 Å². The molecule has 1 amide bonds. The molecule has 0 saturated carbocycles. The summed E-state index contributed by atoms with van der Waals surface area (Å²) in [5.41, 5.74) is 2.60. The number of carbonyl (C=O) groups excluding carboxylic acids is 1. The summed E-state index contributed by atoms with van der Waals surface area (Å²) in [5, 5.41) is 13.7. The van der Waals surface area contributed by atoms with Gasteiger partial charge in [0, 0.05) is 21.7 Å². The van der Waals surface area contributed by atoms with Gasteiger partial charge in [0.1, 0.15) is 12.1 Å². The summed E-state index contributed by atoms with van der Waals surface area (Å²) in [5.74, 6) is 0.682. The van der Waals surface area contributed by atoms with Gasteiger partial charge in [0.2, 0.25) is 0 Å². The number of hydrogen-bond acceptors (Lipinski definition) is 5. The summed E-state index contributed by atoms with van der Waals surface area (Å²) >= 11 is 11.9. The third-order valence-corrected chi connectivity index (χ3v) is 5.30. The van der Waals surface area contributed by atoms with Crippen LogP contribution in [0.5, 0.6) is 0 Å². The van der Waals surface area contributed by atoms with Crippen LogP contribution in [0.2, 0.25) is 10.0 Å². The Labute approximate surface area is 192 Å². The van der Waals surface area contributed by atoms with Crippen molar-refractivity contribution in [2.75, 3.05) is 5.32 Å². The van der Waals surface area contributed by atoms with Crippen molar-refractivity contribution in [3.63, 3.8) is 0 Å². The zero-order valence-electron chi connectivity index (χ0n) is 16.7. The Hall–Kier alpha value is -3.75. The first-order chi connectivity index (χ1) is 15.5. The molecule has 5 aromatic rings. The number of hydrogen-bond donors (Lipinski definition) is 1. The van der Waals surface area contributed by atoms with Gasteiger partial charge in [-0.05, 0) is 55.5 Å². The van der Waals surface area contributed by atoms with Gasteiger partial charge >= 0.3 is 0 Å². The SMILES string of the molecule is Cc1cc(NC(=O)c2ccc(Cl)cc2)n(-c2ncnc3c2cnn3-c2ccc(Cl)cc2)n1. The second-order valence-electron chi connectivity index (χ2n) is 7.01. The van der Waals surface area contributed by atoms with Crippen molar-refractivity contribution in [3.05, 3.63) is 88.4 Å². The van der Waals surface area contributed by atoms with Crippen molar-refractivity contribution in [1.82, 2.24) is 29.5 Å². The lowest BCUT2D eigenvalue weighted by atomic mass is 10.2. The minimum atomic E-state index is -0.287. The first-order valence-corrected chi connectivity index (χ1v) is 10.3. The van der Waals surface area contributed by atoms with Crippen LogP contribution in [0.1, 0.15) is 16.1 Å². The maximum atomic E-state index is 12.7. The van der Waals surface area contributed by atoms with Gasteiger partial charge in [-0.25, -0.2) is 14.6 Å². The van der Waals surface area contributed by atoms with Crippen molar-refractivity contribution in [3.8, 4) is 11.5 Å². The Bertz CT molecular complexity index is 1440. The van der Waals surface area contributed by atoms with Gasteiger partial charge in [0.25, 0.3) is 5.91 Å². The zero-order chi connectivity index (χ0) is 22.2. The van der Waals surface area contributed by atoms with Crippen LogP contribution in [-0.4, -0.2) is 35.4 Å². The Balaban J connectivity index is 1.55. The highest BCUT2D eigenvalue weighted by molar-refractivity contribution is 6.31. The van der Waals surface area contributed by atoms with Crippen LogP contribution in [0.4, 0.5) is 5.82 Å². The van der Waals surface area contributed by atoms with Crippen LogP contribution < -0.4 is 5.32 Å². The smallest absolute Gasteiger partial charge is 0.256 e. The fourth-order valence-electron chi connectivity index (χ4n) is 3.31. The van der Waals surface area contributed by atoms with Crippen LogP contribution in [0.15, 0.2) is 67.1 Å². The van der Waals surface area contributed by atoms with E-state index in [1.807, 2.05) is 19.1 Å². The van der Waals surface area contributed by atoms with E-state index in [1.54, 1.807) is 58.0 Å². The number of aromatic nitrogens is 6. The second kappa shape index (κ2) is 8.07. The summed E-state index contributed by atoms with van der Waals surface area (Å²) in [6.07, 6.45) is 3.11. The molecule has 5 rings (SSSR count). The van der Waals surface area contributed by atoms with Gasteiger partial charge in [0.05, 0.1) is 23.0 Å². The van der Waals surface area contributed by atoms with E-state index < -0.39 is 0 Å². The molecule has 8 nitrogen and oxygen atoms in total. The summed E-state index contributed by atoms with van der Waals surface area (Å²) in [6.45, 7) is 1.84. The highest BCUT2D eigenvalue weighted by atomic mass is 35.5. The lowest BCUT2D eigenvalue weighted by Crippen LogP contribution is -2.15. The molecule has 0 bridgehead atoms. The normalized spacial score (nSPS) is 11.1. The number of benzene rings is 2. The fourth-order valence-corrected chi connectivity index (χ4v) is 3.56. The van der Waals surface area contributed by atoms with Gasteiger partial charge in [-0.1, -0.05) is 23.2 Å². The van der Waals surface area contributed by atoms with Gasteiger partial charge < -0.3 is 5.32 Å². The molecule has 10 heteroatoms. The number of nitrogens with one attached hydrogen (secondary N) is 1. The summed E-state index contributed by atoms with van der Waals surface area (Å²) in [4.78, 5) is 21.5. The first-order valence-electron chi connectivity index (χ1n) is 9.58. The maximum Gasteiger partial charge on any atom is 0.256 e. The van der Waals surface area contributed by atoms with Gasteiger partial charge in [-0.15, -0.1) is 0 Å². The van der Waals surface area contributed by atoms with E-state index in [-0.39, 0.29) is 5.91 Å². The van der Waals surface area contributed by atoms with Crippen molar-refractivity contribution in [2.45, 2.75) is 6.92 Å². The average molecular weight is 464 g/mol. The number of carbonyl (C=O) groups is 1. The van der Waals surface area contributed by atoms with E-state index in [1.165, 1.54) is 6.33 Å². The Kier molecular flexibility index (Phi) is 5.08. The number of amides is 1. The molecule has 0 aliphatic rings. The predicted octanol–water partition coefficient (Wildman–Crippen LogP) is 4.87. The predicted molar refractivity (Wildman–Crippen MR) is 123 cm³/mol. The molecule has 2 aromatic carbocycles. The number of rotatable bonds is 4. The molecule has 0 radical (unpaired) electrons. The molecule has 32 heavy (non-hydrogen) atoms. The second-order valence-corrected chi connectivity index (χ2v) is 7.88. The van der Waals surface area contributed by atoms with Crippen molar-refractivity contribution >= 4 is 46.0 Å². The van der Waals surface area contributed by atoms with Crippen molar-refractivity contribution in [1.29, 1.82) is 0 Å². The van der Waals surface area contributed by atoms with E-state index in [0.717, 1.165) is 5.69 Å². The number of aryl methyl sites for hydroxylation is 1. The molecule has 158 valence electrons. The zero-order valence-corrected chi connectivity index (χ0v) is 18.2. The summed E-state index contributed by atoms with van der Waals surface area (Å²) < 4.78 is 3.26. The van der Waals surface area contributed by atoms with Crippen LogP contribution in [0.25, 0.3) is 22.5 Å². The van der Waals surface area contributed by atoms with E-state index in [2.05, 4.69) is 25.5 Å². The number of fused-ring (bicyclic) bond motifs is 1. The van der Waals surface area contributed by atoms with Crippen LogP contribution in [0.3, 0.4) is 0 Å². The maximum absolute atomic E-state index is 12.7. The number of nitrogens with zero attached hydrogens (tertiary/aromatic N) is 6. The molecule has 0 fully saturated rings. The molecule has 3 heterocycles. The summed E-state index contributed by atoms with van der Waals surface area (Å²) in [6, 6.07) is 15.7.